The molecule has 0 spiro atoms. The Kier molecular flexibility index (Phi) is 8.27. The molecular weight excluding hydrogens is 432 g/mol. The van der Waals surface area contributed by atoms with Gasteiger partial charge in [-0.25, -0.2) is 8.42 Å². The van der Waals surface area contributed by atoms with Crippen molar-refractivity contribution in [3.63, 3.8) is 0 Å². The van der Waals surface area contributed by atoms with E-state index in [1.807, 2.05) is 4.90 Å². The van der Waals surface area contributed by atoms with Crippen LogP contribution in [0.1, 0.15) is 26.7 Å². The first kappa shape index (κ1) is 22.3. The van der Waals surface area contributed by atoms with Gasteiger partial charge in [-0.1, -0.05) is 29.8 Å². The van der Waals surface area contributed by atoms with E-state index in [0.29, 0.717) is 45.0 Å². The molecule has 1 heterocycles. The summed E-state index contributed by atoms with van der Waals surface area (Å²) in [6.45, 7) is 6.48. The normalized spacial score (nSPS) is 18.6. The van der Waals surface area contributed by atoms with Crippen LogP contribution in [0.3, 0.4) is 0 Å². The maximum Gasteiger partial charge on any atom is 0.243 e. The van der Waals surface area contributed by atoms with Gasteiger partial charge in [0, 0.05) is 37.8 Å². The van der Waals surface area contributed by atoms with Gasteiger partial charge in [0.15, 0.2) is 0 Å². The third-order valence-electron chi connectivity index (χ3n) is 4.65. The fourth-order valence-corrected chi connectivity index (χ4v) is 5.10. The molecule has 6 nitrogen and oxygen atoms in total. The Labute approximate surface area is 171 Å². The average Bonchev–Trinajstić information content (AvgIpc) is 2.64. The van der Waals surface area contributed by atoms with Crippen molar-refractivity contribution in [1.29, 1.82) is 0 Å². The van der Waals surface area contributed by atoms with Crippen LogP contribution in [0.2, 0.25) is 0 Å². The quantitative estimate of drug-likeness (QED) is 0.597. The zero-order chi connectivity index (χ0) is 20.0. The molecule has 0 radical (unpaired) electrons. The molecule has 1 amide bonds. The fraction of sp³-hybridized carbons (Fsp3) is 0.632. The van der Waals surface area contributed by atoms with Crippen LogP contribution in [0, 0.1) is 11.8 Å². The Balaban J connectivity index is 2.13. The van der Waals surface area contributed by atoms with E-state index in [4.69, 9.17) is 4.74 Å². The van der Waals surface area contributed by atoms with Crippen LogP contribution in [-0.2, 0) is 19.6 Å². The lowest BCUT2D eigenvalue weighted by atomic mass is 9.97. The number of hydrogen-bond donors (Lipinski definition) is 0. The van der Waals surface area contributed by atoms with Crippen LogP contribution in [-0.4, -0.2) is 63.4 Å². The predicted molar refractivity (Wildman–Crippen MR) is 109 cm³/mol. The van der Waals surface area contributed by atoms with Crippen LogP contribution in [0.15, 0.2) is 33.6 Å². The molecule has 0 saturated carbocycles. The molecule has 1 aliphatic heterocycles. The molecule has 0 N–H and O–H groups in total. The van der Waals surface area contributed by atoms with E-state index in [-0.39, 0.29) is 23.3 Å². The van der Waals surface area contributed by atoms with Gasteiger partial charge in [-0.05, 0) is 43.0 Å². The second-order valence-electron chi connectivity index (χ2n) is 7.33. The van der Waals surface area contributed by atoms with E-state index in [2.05, 4.69) is 29.8 Å². The third-order valence-corrected chi connectivity index (χ3v) is 7.06. The van der Waals surface area contributed by atoms with Crippen LogP contribution < -0.4 is 0 Å². The zero-order valence-corrected chi connectivity index (χ0v) is 18.6. The summed E-state index contributed by atoms with van der Waals surface area (Å²) in [7, 11) is -1.98. The summed E-state index contributed by atoms with van der Waals surface area (Å²) in [6.07, 6.45) is 1.40. The number of nitrogens with zero attached hydrogens (tertiary/aromatic N) is 2. The molecule has 8 heteroatoms. The van der Waals surface area contributed by atoms with E-state index in [0.717, 1.165) is 4.47 Å². The maximum atomic E-state index is 13.0. The summed E-state index contributed by atoms with van der Waals surface area (Å²) in [4.78, 5) is 15.1. The molecule has 0 aromatic heterocycles. The van der Waals surface area contributed by atoms with Crippen molar-refractivity contribution in [2.45, 2.75) is 31.6 Å². The second kappa shape index (κ2) is 10.0. The van der Waals surface area contributed by atoms with Gasteiger partial charge in [-0.15, -0.1) is 0 Å². The highest BCUT2D eigenvalue weighted by Gasteiger charge is 2.35. The minimum atomic E-state index is -3.59. The molecule has 1 saturated heterocycles. The molecule has 1 aliphatic rings. The highest BCUT2D eigenvalue weighted by atomic mass is 79.9. The Bertz CT molecular complexity index is 722. The number of carbonyl (C=O) groups is 1. The number of piperidine rings is 1. The number of amides is 1. The predicted octanol–water partition coefficient (Wildman–Crippen LogP) is 2.98. The Morgan fingerprint density at radius 3 is 2.59 bits per heavy atom. The molecule has 1 aromatic carbocycles. The number of ether oxygens (including phenoxy) is 1. The first-order valence-electron chi connectivity index (χ1n) is 9.29. The molecular formula is C19H29BrN2O4S. The van der Waals surface area contributed by atoms with E-state index in [1.54, 1.807) is 31.4 Å². The summed E-state index contributed by atoms with van der Waals surface area (Å²) < 4.78 is 33.3. The third kappa shape index (κ3) is 6.01. The largest absolute Gasteiger partial charge is 0.383 e. The second-order valence-corrected chi connectivity index (χ2v) is 10.2. The standard InChI is InChI=1S/C19H29BrN2O4S/c1-15(2)13-21(11-12-26-3)19(23)16-5-4-10-22(14-16)27(24,25)18-8-6-17(20)7-9-18/h6-9,15-16H,4-5,10-14H2,1-3H3. The first-order valence-corrected chi connectivity index (χ1v) is 11.5. The van der Waals surface area contributed by atoms with Crippen LogP contribution in [0.4, 0.5) is 0 Å². The lowest BCUT2D eigenvalue weighted by Gasteiger charge is -2.35. The molecule has 1 unspecified atom stereocenters. The lowest BCUT2D eigenvalue weighted by molar-refractivity contribution is -0.137. The van der Waals surface area contributed by atoms with E-state index in [9.17, 15) is 13.2 Å². The highest BCUT2D eigenvalue weighted by Crippen LogP contribution is 2.26. The lowest BCUT2D eigenvalue weighted by Crippen LogP contribution is -2.48. The fourth-order valence-electron chi connectivity index (χ4n) is 3.31. The van der Waals surface area contributed by atoms with Gasteiger partial charge in [0.2, 0.25) is 15.9 Å². The van der Waals surface area contributed by atoms with Crippen molar-refractivity contribution in [2.24, 2.45) is 11.8 Å². The van der Waals surface area contributed by atoms with Crippen LogP contribution >= 0.6 is 15.9 Å². The van der Waals surface area contributed by atoms with E-state index in [1.165, 1.54) is 4.31 Å². The topological polar surface area (TPSA) is 66.9 Å². The minimum Gasteiger partial charge on any atom is -0.383 e. The average molecular weight is 461 g/mol. The van der Waals surface area contributed by atoms with Crippen molar-refractivity contribution >= 4 is 31.9 Å². The molecule has 0 bridgehead atoms. The van der Waals surface area contributed by atoms with Gasteiger partial charge in [-0.2, -0.15) is 4.31 Å². The molecule has 0 aliphatic carbocycles. The Hall–Kier alpha value is -0.960. The molecule has 1 atom stereocenters. The number of hydrogen-bond acceptors (Lipinski definition) is 4. The summed E-state index contributed by atoms with van der Waals surface area (Å²) >= 11 is 3.32. The van der Waals surface area contributed by atoms with Crippen LogP contribution in [0.25, 0.3) is 0 Å². The van der Waals surface area contributed by atoms with Gasteiger partial charge in [0.05, 0.1) is 17.4 Å². The van der Waals surface area contributed by atoms with Gasteiger partial charge >= 0.3 is 0 Å². The van der Waals surface area contributed by atoms with Crippen molar-refractivity contribution in [3.05, 3.63) is 28.7 Å². The highest BCUT2D eigenvalue weighted by molar-refractivity contribution is 9.10. The summed E-state index contributed by atoms with van der Waals surface area (Å²) in [6, 6.07) is 6.62. The molecule has 2 rings (SSSR count). The molecule has 152 valence electrons. The first-order chi connectivity index (χ1) is 12.8. The van der Waals surface area contributed by atoms with Gasteiger partial charge in [-0.3, -0.25) is 4.79 Å². The number of sulfonamides is 1. The monoisotopic (exact) mass is 460 g/mol. The molecule has 27 heavy (non-hydrogen) atoms. The van der Waals surface area contributed by atoms with Gasteiger partial charge in [0.1, 0.15) is 0 Å². The van der Waals surface area contributed by atoms with Gasteiger partial charge < -0.3 is 9.64 Å². The summed E-state index contributed by atoms with van der Waals surface area (Å²) in [5.74, 6) is 0.0630. The summed E-state index contributed by atoms with van der Waals surface area (Å²) in [5, 5.41) is 0. The number of benzene rings is 1. The van der Waals surface area contributed by atoms with Crippen molar-refractivity contribution in [2.75, 3.05) is 39.9 Å². The Morgan fingerprint density at radius 1 is 1.33 bits per heavy atom. The van der Waals surface area contributed by atoms with Crippen LogP contribution in [0.5, 0.6) is 0 Å². The minimum absolute atomic E-state index is 0.0245. The maximum absolute atomic E-state index is 13.0. The molecule has 1 fully saturated rings. The summed E-state index contributed by atoms with van der Waals surface area (Å²) in [5.41, 5.74) is 0. The van der Waals surface area contributed by atoms with E-state index >= 15 is 0 Å². The van der Waals surface area contributed by atoms with Crippen molar-refractivity contribution in [1.82, 2.24) is 9.21 Å². The van der Waals surface area contributed by atoms with E-state index < -0.39 is 10.0 Å². The van der Waals surface area contributed by atoms with Gasteiger partial charge in [0.25, 0.3) is 0 Å². The Morgan fingerprint density at radius 2 is 2.00 bits per heavy atom. The smallest absolute Gasteiger partial charge is 0.243 e. The van der Waals surface area contributed by atoms with Crippen molar-refractivity contribution < 1.29 is 17.9 Å². The number of halogens is 1. The number of methoxy groups -OCH3 is 1. The number of rotatable bonds is 8. The number of carbonyl (C=O) groups excluding carboxylic acids is 1. The van der Waals surface area contributed by atoms with Crippen molar-refractivity contribution in [3.8, 4) is 0 Å². The zero-order valence-electron chi connectivity index (χ0n) is 16.2. The SMILES string of the molecule is COCCN(CC(C)C)C(=O)C1CCCN(S(=O)(=O)c2ccc(Br)cc2)C1. The molecule has 1 aromatic rings.